The second-order valence-electron chi connectivity index (χ2n) is 4.68. The van der Waals surface area contributed by atoms with Crippen LogP contribution in [0.15, 0.2) is 30.3 Å². The Bertz CT molecular complexity index is 597. The number of pyridine rings is 1. The molecule has 2 rings (SSSR count). The Labute approximate surface area is 119 Å². The summed E-state index contributed by atoms with van der Waals surface area (Å²) in [5, 5.41) is 3.15. The van der Waals surface area contributed by atoms with Crippen molar-refractivity contribution < 1.29 is 9.47 Å². The zero-order chi connectivity index (χ0) is 14.5. The third-order valence-corrected chi connectivity index (χ3v) is 3.05. The number of methoxy groups -OCH3 is 1. The molecule has 0 aliphatic heterocycles. The van der Waals surface area contributed by atoms with Crippen molar-refractivity contribution in [1.82, 2.24) is 10.3 Å². The molecule has 1 aromatic heterocycles. The molecule has 0 fully saturated rings. The minimum Gasteiger partial charge on any atom is -0.497 e. The van der Waals surface area contributed by atoms with E-state index in [1.807, 2.05) is 38.2 Å². The molecule has 0 aliphatic carbocycles. The molecule has 0 atom stereocenters. The van der Waals surface area contributed by atoms with E-state index in [1.165, 1.54) is 5.56 Å². The lowest BCUT2D eigenvalue weighted by atomic mass is 10.1. The Balaban J connectivity index is 2.36. The van der Waals surface area contributed by atoms with Crippen molar-refractivity contribution in [1.29, 1.82) is 0 Å². The Morgan fingerprint density at radius 1 is 1.15 bits per heavy atom. The van der Waals surface area contributed by atoms with Gasteiger partial charge in [-0.15, -0.1) is 0 Å². The minimum absolute atomic E-state index is 0.644. The van der Waals surface area contributed by atoms with Crippen LogP contribution in [0.25, 0.3) is 0 Å². The molecular formula is C16H20N2O2. The van der Waals surface area contributed by atoms with E-state index in [4.69, 9.17) is 9.47 Å². The highest BCUT2D eigenvalue weighted by molar-refractivity contribution is 5.40. The van der Waals surface area contributed by atoms with Crippen LogP contribution >= 0.6 is 0 Å². The zero-order valence-electron chi connectivity index (χ0n) is 12.4. The quantitative estimate of drug-likeness (QED) is 0.907. The first kappa shape index (κ1) is 14.3. The maximum atomic E-state index is 5.94. The smallest absolute Gasteiger partial charge is 0.224 e. The molecule has 0 saturated carbocycles. The monoisotopic (exact) mass is 272 g/mol. The SMILES string of the molecule is CNCc1c(C)cc(C)nc1Oc1cccc(OC)c1. The van der Waals surface area contributed by atoms with Gasteiger partial charge in [-0.05, 0) is 44.7 Å². The Kier molecular flexibility index (Phi) is 4.58. The number of hydrogen-bond acceptors (Lipinski definition) is 4. The molecule has 1 heterocycles. The third kappa shape index (κ3) is 3.27. The van der Waals surface area contributed by atoms with Crippen LogP contribution in [0.4, 0.5) is 0 Å². The molecule has 20 heavy (non-hydrogen) atoms. The van der Waals surface area contributed by atoms with Crippen molar-refractivity contribution in [3.05, 3.63) is 47.2 Å². The molecule has 0 saturated heterocycles. The van der Waals surface area contributed by atoms with E-state index in [9.17, 15) is 0 Å². The van der Waals surface area contributed by atoms with E-state index in [-0.39, 0.29) is 0 Å². The fourth-order valence-electron chi connectivity index (χ4n) is 2.08. The highest BCUT2D eigenvalue weighted by Crippen LogP contribution is 2.28. The molecule has 0 unspecified atom stereocenters. The van der Waals surface area contributed by atoms with Gasteiger partial charge in [-0.3, -0.25) is 0 Å². The van der Waals surface area contributed by atoms with Crippen LogP contribution in [0.2, 0.25) is 0 Å². The van der Waals surface area contributed by atoms with Gasteiger partial charge in [0.15, 0.2) is 0 Å². The van der Waals surface area contributed by atoms with E-state index >= 15 is 0 Å². The van der Waals surface area contributed by atoms with E-state index in [2.05, 4.69) is 23.3 Å². The van der Waals surface area contributed by atoms with Crippen LogP contribution < -0.4 is 14.8 Å². The topological polar surface area (TPSA) is 43.4 Å². The van der Waals surface area contributed by atoms with Gasteiger partial charge in [0.1, 0.15) is 11.5 Å². The number of aryl methyl sites for hydroxylation is 2. The van der Waals surface area contributed by atoms with Gasteiger partial charge in [0, 0.05) is 23.9 Å². The van der Waals surface area contributed by atoms with Gasteiger partial charge >= 0.3 is 0 Å². The van der Waals surface area contributed by atoms with Gasteiger partial charge in [0.2, 0.25) is 5.88 Å². The van der Waals surface area contributed by atoms with Crippen LogP contribution in [0, 0.1) is 13.8 Å². The first-order valence-corrected chi connectivity index (χ1v) is 6.57. The lowest BCUT2D eigenvalue weighted by Gasteiger charge is -2.14. The fraction of sp³-hybridized carbons (Fsp3) is 0.312. The number of rotatable bonds is 5. The molecule has 0 spiro atoms. The van der Waals surface area contributed by atoms with E-state index in [0.29, 0.717) is 5.88 Å². The lowest BCUT2D eigenvalue weighted by molar-refractivity contribution is 0.406. The zero-order valence-corrected chi connectivity index (χ0v) is 12.4. The van der Waals surface area contributed by atoms with Gasteiger partial charge in [0.05, 0.1) is 7.11 Å². The molecule has 1 N–H and O–H groups in total. The first-order chi connectivity index (χ1) is 9.63. The lowest BCUT2D eigenvalue weighted by Crippen LogP contribution is -2.09. The van der Waals surface area contributed by atoms with Gasteiger partial charge < -0.3 is 14.8 Å². The summed E-state index contributed by atoms with van der Waals surface area (Å²) in [7, 11) is 3.55. The summed E-state index contributed by atoms with van der Waals surface area (Å²) in [6, 6.07) is 9.59. The summed E-state index contributed by atoms with van der Waals surface area (Å²) in [5.41, 5.74) is 3.19. The summed E-state index contributed by atoms with van der Waals surface area (Å²) >= 11 is 0. The summed E-state index contributed by atoms with van der Waals surface area (Å²) < 4.78 is 11.1. The number of hydrogen-bond donors (Lipinski definition) is 1. The number of nitrogens with zero attached hydrogens (tertiary/aromatic N) is 1. The molecule has 0 bridgehead atoms. The largest absolute Gasteiger partial charge is 0.497 e. The second kappa shape index (κ2) is 6.39. The molecule has 4 nitrogen and oxygen atoms in total. The predicted octanol–water partition coefficient (Wildman–Crippen LogP) is 3.22. The molecule has 0 radical (unpaired) electrons. The molecule has 4 heteroatoms. The molecular weight excluding hydrogens is 252 g/mol. The van der Waals surface area contributed by atoms with Gasteiger partial charge in [-0.25, -0.2) is 4.98 Å². The maximum Gasteiger partial charge on any atom is 0.224 e. The minimum atomic E-state index is 0.644. The standard InChI is InChI=1S/C16H20N2O2/c1-11-8-12(2)18-16(15(11)10-17-3)20-14-7-5-6-13(9-14)19-4/h5-9,17H,10H2,1-4H3. The summed E-state index contributed by atoms with van der Waals surface area (Å²) in [5.74, 6) is 2.13. The molecule has 2 aromatic rings. The van der Waals surface area contributed by atoms with Crippen molar-refractivity contribution in [3.63, 3.8) is 0 Å². The number of benzene rings is 1. The van der Waals surface area contributed by atoms with Crippen molar-refractivity contribution in [2.75, 3.05) is 14.2 Å². The first-order valence-electron chi connectivity index (χ1n) is 6.57. The Hall–Kier alpha value is -2.07. The normalized spacial score (nSPS) is 10.4. The second-order valence-corrected chi connectivity index (χ2v) is 4.68. The maximum absolute atomic E-state index is 5.94. The van der Waals surface area contributed by atoms with E-state index < -0.39 is 0 Å². The highest BCUT2D eigenvalue weighted by Gasteiger charge is 2.11. The Morgan fingerprint density at radius 2 is 1.90 bits per heavy atom. The van der Waals surface area contributed by atoms with Crippen molar-refractivity contribution in [3.8, 4) is 17.4 Å². The van der Waals surface area contributed by atoms with Gasteiger partial charge in [0.25, 0.3) is 0 Å². The Morgan fingerprint density at radius 3 is 2.60 bits per heavy atom. The number of ether oxygens (including phenoxy) is 2. The fourth-order valence-corrected chi connectivity index (χ4v) is 2.08. The van der Waals surface area contributed by atoms with Crippen LogP contribution in [0.1, 0.15) is 16.8 Å². The summed E-state index contributed by atoms with van der Waals surface area (Å²) in [6.07, 6.45) is 0. The average Bonchev–Trinajstić information content (AvgIpc) is 2.43. The van der Waals surface area contributed by atoms with Crippen molar-refractivity contribution >= 4 is 0 Å². The number of nitrogens with one attached hydrogen (secondary N) is 1. The summed E-state index contributed by atoms with van der Waals surface area (Å²) in [4.78, 5) is 4.50. The van der Waals surface area contributed by atoms with Crippen molar-refractivity contribution in [2.24, 2.45) is 0 Å². The predicted molar refractivity (Wildman–Crippen MR) is 79.5 cm³/mol. The summed E-state index contributed by atoms with van der Waals surface area (Å²) in [6.45, 7) is 4.76. The highest BCUT2D eigenvalue weighted by atomic mass is 16.5. The van der Waals surface area contributed by atoms with E-state index in [1.54, 1.807) is 7.11 Å². The van der Waals surface area contributed by atoms with Crippen LogP contribution in [-0.2, 0) is 6.54 Å². The third-order valence-electron chi connectivity index (χ3n) is 3.05. The number of aromatic nitrogens is 1. The molecule has 0 aliphatic rings. The van der Waals surface area contributed by atoms with E-state index in [0.717, 1.165) is 29.3 Å². The molecule has 106 valence electrons. The van der Waals surface area contributed by atoms with Crippen LogP contribution in [0.5, 0.6) is 17.4 Å². The molecule has 1 aromatic carbocycles. The van der Waals surface area contributed by atoms with Gasteiger partial charge in [-0.1, -0.05) is 6.07 Å². The van der Waals surface area contributed by atoms with Crippen LogP contribution in [0.3, 0.4) is 0 Å². The van der Waals surface area contributed by atoms with Crippen molar-refractivity contribution in [2.45, 2.75) is 20.4 Å². The van der Waals surface area contributed by atoms with Gasteiger partial charge in [-0.2, -0.15) is 0 Å². The van der Waals surface area contributed by atoms with Crippen LogP contribution in [-0.4, -0.2) is 19.1 Å². The average molecular weight is 272 g/mol. The molecule has 0 amide bonds.